The van der Waals surface area contributed by atoms with E-state index in [0.717, 1.165) is 29.9 Å². The van der Waals surface area contributed by atoms with E-state index in [0.29, 0.717) is 24.5 Å². The SMILES string of the molecule is CC[C@H](NC(=O)OC(C)(C)C)c1nnc(Nc2cc(Cl)cc(CN3CCN(C(=O)OC(C)C)C(C)C3)c2C)o1. The minimum Gasteiger partial charge on any atom is -0.447 e. The Labute approximate surface area is 235 Å². The van der Waals surface area contributed by atoms with Crippen LogP contribution in [0.4, 0.5) is 21.3 Å². The highest BCUT2D eigenvalue weighted by Crippen LogP contribution is 2.29. The zero-order valence-electron chi connectivity index (χ0n) is 24.1. The smallest absolute Gasteiger partial charge is 0.410 e. The van der Waals surface area contributed by atoms with Crippen molar-refractivity contribution in [3.05, 3.63) is 34.2 Å². The second kappa shape index (κ2) is 12.9. The third kappa shape index (κ3) is 8.72. The minimum absolute atomic E-state index is 0.0275. The van der Waals surface area contributed by atoms with Crippen LogP contribution in [0, 0.1) is 6.92 Å². The first kappa shape index (κ1) is 30.5. The highest BCUT2D eigenvalue weighted by atomic mass is 35.5. The molecular weight excluding hydrogens is 524 g/mol. The van der Waals surface area contributed by atoms with Crippen LogP contribution in [0.3, 0.4) is 0 Å². The van der Waals surface area contributed by atoms with Crippen LogP contribution >= 0.6 is 11.6 Å². The topological polar surface area (TPSA) is 122 Å². The number of hydrogen-bond donors (Lipinski definition) is 2. The summed E-state index contributed by atoms with van der Waals surface area (Å²) in [6.45, 7) is 17.8. The molecule has 2 amide bonds. The zero-order valence-corrected chi connectivity index (χ0v) is 24.9. The fraction of sp³-hybridized carbons (Fsp3) is 0.630. The molecule has 1 aromatic heterocycles. The fourth-order valence-electron chi connectivity index (χ4n) is 4.32. The van der Waals surface area contributed by atoms with Gasteiger partial charge in [-0.1, -0.05) is 23.6 Å². The summed E-state index contributed by atoms with van der Waals surface area (Å²) in [5.41, 5.74) is 2.17. The average molecular weight is 565 g/mol. The molecule has 0 saturated carbocycles. The van der Waals surface area contributed by atoms with Crippen molar-refractivity contribution in [1.82, 2.24) is 25.3 Å². The summed E-state index contributed by atoms with van der Waals surface area (Å²) in [6.07, 6.45) is -0.425. The molecule has 39 heavy (non-hydrogen) atoms. The molecule has 1 fully saturated rings. The van der Waals surface area contributed by atoms with E-state index in [9.17, 15) is 9.59 Å². The van der Waals surface area contributed by atoms with Gasteiger partial charge in [0.25, 0.3) is 0 Å². The highest BCUT2D eigenvalue weighted by Gasteiger charge is 2.29. The van der Waals surface area contributed by atoms with E-state index >= 15 is 0 Å². The van der Waals surface area contributed by atoms with Gasteiger partial charge in [0.1, 0.15) is 11.6 Å². The van der Waals surface area contributed by atoms with Crippen molar-refractivity contribution >= 4 is 35.5 Å². The number of rotatable bonds is 8. The first-order chi connectivity index (χ1) is 18.3. The lowest BCUT2D eigenvalue weighted by Gasteiger charge is -2.39. The van der Waals surface area contributed by atoms with Gasteiger partial charge in [0.2, 0.25) is 5.89 Å². The molecule has 11 nitrogen and oxygen atoms in total. The van der Waals surface area contributed by atoms with Crippen LogP contribution < -0.4 is 10.6 Å². The normalized spacial score (nSPS) is 17.2. The number of aromatic nitrogens is 2. The molecule has 12 heteroatoms. The molecule has 1 aliphatic rings. The molecule has 2 heterocycles. The molecule has 0 radical (unpaired) electrons. The number of piperazine rings is 1. The number of nitrogens with zero attached hydrogens (tertiary/aromatic N) is 4. The highest BCUT2D eigenvalue weighted by molar-refractivity contribution is 6.31. The number of hydrogen-bond acceptors (Lipinski definition) is 9. The van der Waals surface area contributed by atoms with Crippen molar-refractivity contribution in [3.8, 4) is 0 Å². The molecule has 1 unspecified atom stereocenters. The van der Waals surface area contributed by atoms with Gasteiger partial charge in [-0.15, -0.1) is 5.10 Å². The molecule has 3 rings (SSSR count). The third-order valence-electron chi connectivity index (χ3n) is 6.24. The summed E-state index contributed by atoms with van der Waals surface area (Å²) in [6, 6.07) is 3.49. The van der Waals surface area contributed by atoms with Crippen molar-refractivity contribution in [2.24, 2.45) is 0 Å². The average Bonchev–Trinajstić information content (AvgIpc) is 3.27. The molecule has 2 atom stereocenters. The Balaban J connectivity index is 1.67. The number of ether oxygens (including phenoxy) is 2. The van der Waals surface area contributed by atoms with Gasteiger partial charge in [0, 0.05) is 42.9 Å². The number of carbonyl (C=O) groups excluding carboxylic acids is 2. The summed E-state index contributed by atoms with van der Waals surface area (Å²) in [7, 11) is 0. The van der Waals surface area contributed by atoms with Gasteiger partial charge in [0.05, 0.1) is 6.10 Å². The predicted octanol–water partition coefficient (Wildman–Crippen LogP) is 5.80. The van der Waals surface area contributed by atoms with Crippen LogP contribution in [-0.4, -0.2) is 69.6 Å². The molecule has 0 spiro atoms. The number of alkyl carbamates (subject to hydrolysis) is 1. The Bertz CT molecular complexity index is 1150. The van der Waals surface area contributed by atoms with Crippen LogP contribution in [0.2, 0.25) is 5.02 Å². The van der Waals surface area contributed by atoms with Crippen LogP contribution in [0.1, 0.15) is 77.9 Å². The summed E-state index contributed by atoms with van der Waals surface area (Å²) in [5.74, 6) is 0.272. The summed E-state index contributed by atoms with van der Waals surface area (Å²) < 4.78 is 16.5. The lowest BCUT2D eigenvalue weighted by molar-refractivity contribution is 0.0348. The van der Waals surface area contributed by atoms with Crippen molar-refractivity contribution in [2.45, 2.75) is 92.1 Å². The molecule has 0 bridgehead atoms. The monoisotopic (exact) mass is 564 g/mol. The summed E-state index contributed by atoms with van der Waals surface area (Å²) in [5, 5.41) is 14.7. The van der Waals surface area contributed by atoms with E-state index in [4.69, 9.17) is 25.5 Å². The second-order valence-electron chi connectivity index (χ2n) is 11.1. The summed E-state index contributed by atoms with van der Waals surface area (Å²) in [4.78, 5) is 28.7. The molecule has 216 valence electrons. The van der Waals surface area contributed by atoms with Crippen molar-refractivity contribution in [3.63, 3.8) is 0 Å². The number of amides is 2. The largest absolute Gasteiger partial charge is 0.447 e. The van der Waals surface area contributed by atoms with E-state index in [-0.39, 0.29) is 30.1 Å². The van der Waals surface area contributed by atoms with Crippen LogP contribution in [0.5, 0.6) is 0 Å². The number of nitrogens with one attached hydrogen (secondary N) is 2. The lowest BCUT2D eigenvalue weighted by Crippen LogP contribution is -2.54. The molecule has 2 N–H and O–H groups in total. The number of anilines is 2. The van der Waals surface area contributed by atoms with E-state index < -0.39 is 17.7 Å². The van der Waals surface area contributed by atoms with E-state index in [1.54, 1.807) is 25.7 Å². The number of benzene rings is 1. The van der Waals surface area contributed by atoms with E-state index in [2.05, 4.69) is 25.7 Å². The Morgan fingerprint density at radius 3 is 2.56 bits per heavy atom. The van der Waals surface area contributed by atoms with Crippen molar-refractivity contribution in [1.29, 1.82) is 0 Å². The number of halogens is 1. The molecule has 1 aliphatic heterocycles. The van der Waals surface area contributed by atoms with Gasteiger partial charge in [-0.25, -0.2) is 9.59 Å². The fourth-order valence-corrected chi connectivity index (χ4v) is 4.56. The van der Waals surface area contributed by atoms with E-state index in [1.165, 1.54) is 0 Å². The predicted molar refractivity (Wildman–Crippen MR) is 149 cm³/mol. The zero-order chi connectivity index (χ0) is 28.9. The Morgan fingerprint density at radius 2 is 1.95 bits per heavy atom. The lowest BCUT2D eigenvalue weighted by atomic mass is 10.0. The third-order valence-corrected chi connectivity index (χ3v) is 6.45. The van der Waals surface area contributed by atoms with E-state index in [1.807, 2.05) is 46.8 Å². The maximum Gasteiger partial charge on any atom is 0.410 e. The van der Waals surface area contributed by atoms with Crippen molar-refractivity contribution in [2.75, 3.05) is 25.0 Å². The molecule has 2 aromatic rings. The van der Waals surface area contributed by atoms with Crippen LogP contribution in [0.15, 0.2) is 16.5 Å². The Morgan fingerprint density at radius 1 is 1.23 bits per heavy atom. The maximum atomic E-state index is 12.4. The van der Waals surface area contributed by atoms with Crippen LogP contribution in [-0.2, 0) is 16.0 Å². The molecule has 1 saturated heterocycles. The molecular formula is C27H41ClN6O5. The molecule has 1 aromatic carbocycles. The second-order valence-corrected chi connectivity index (χ2v) is 11.6. The Hall–Kier alpha value is -3.05. The standard InChI is InChI=1S/C27H41ClN6O5/c1-9-21(30-25(35)39-27(6,7)8)23-31-32-24(38-23)29-22-13-20(28)12-19(18(22)5)15-33-10-11-34(17(4)14-33)26(36)37-16(2)3/h12-13,16-17,21H,9-11,14-15H2,1-8H3,(H,29,32)(H,30,35)/t17?,21-/m0/s1. The van der Waals surface area contributed by atoms with Gasteiger partial charge < -0.3 is 29.4 Å². The van der Waals surface area contributed by atoms with Gasteiger partial charge in [-0.05, 0) is 78.1 Å². The Kier molecular flexibility index (Phi) is 10.1. The first-order valence-electron chi connectivity index (χ1n) is 13.3. The van der Waals surface area contributed by atoms with Gasteiger partial charge in [-0.3, -0.25) is 4.90 Å². The van der Waals surface area contributed by atoms with Crippen molar-refractivity contribution < 1.29 is 23.5 Å². The minimum atomic E-state index is -0.614. The first-order valence-corrected chi connectivity index (χ1v) is 13.7. The van der Waals surface area contributed by atoms with Crippen LogP contribution in [0.25, 0.3) is 0 Å². The molecule has 0 aliphatic carbocycles. The summed E-state index contributed by atoms with van der Waals surface area (Å²) >= 11 is 6.48. The number of carbonyl (C=O) groups is 2. The maximum absolute atomic E-state index is 12.4. The van der Waals surface area contributed by atoms with Gasteiger partial charge >= 0.3 is 18.2 Å². The van der Waals surface area contributed by atoms with Gasteiger partial charge in [0.15, 0.2) is 0 Å². The van der Waals surface area contributed by atoms with Gasteiger partial charge in [-0.2, -0.15) is 0 Å². The quantitative estimate of drug-likeness (QED) is 0.409.